The highest BCUT2D eigenvalue weighted by Gasteiger charge is 2.34. The van der Waals surface area contributed by atoms with E-state index >= 15 is 0 Å². The molecule has 0 heterocycles. The molecule has 1 aromatic carbocycles. The summed E-state index contributed by atoms with van der Waals surface area (Å²) in [5.41, 5.74) is 1.15. The number of aliphatic hydroxyl groups is 1. The first-order valence-corrected chi connectivity index (χ1v) is 12.8. The summed E-state index contributed by atoms with van der Waals surface area (Å²) in [4.78, 5) is 12.8. The number of carbonyl (C=O) groups excluding carboxylic acids is 1. The summed E-state index contributed by atoms with van der Waals surface area (Å²) >= 11 is 0. The van der Waals surface area contributed by atoms with Crippen LogP contribution in [0.5, 0.6) is 0 Å². The van der Waals surface area contributed by atoms with Gasteiger partial charge in [0.15, 0.2) is 5.78 Å². The molecule has 1 rings (SSSR count). The lowest BCUT2D eigenvalue weighted by Gasteiger charge is -2.27. The molecule has 2 heteroatoms. The van der Waals surface area contributed by atoms with E-state index in [4.69, 9.17) is 0 Å². The van der Waals surface area contributed by atoms with E-state index in [0.717, 1.165) is 24.8 Å². The van der Waals surface area contributed by atoms with Gasteiger partial charge in [0.25, 0.3) is 0 Å². The van der Waals surface area contributed by atoms with Crippen LogP contribution >= 0.6 is 0 Å². The molecule has 1 aromatic rings. The summed E-state index contributed by atoms with van der Waals surface area (Å²) in [6.07, 6.45) is 16.4. The summed E-state index contributed by atoms with van der Waals surface area (Å²) < 4.78 is 0. The molecule has 0 spiro atoms. The van der Waals surface area contributed by atoms with Crippen molar-refractivity contribution in [1.82, 2.24) is 0 Å². The molecule has 1 N–H and O–H groups in total. The van der Waals surface area contributed by atoms with Crippen molar-refractivity contribution in [2.24, 2.45) is 0 Å². The van der Waals surface area contributed by atoms with Gasteiger partial charge < -0.3 is 5.11 Å². The molecule has 0 fully saturated rings. The molecule has 0 aromatic heterocycles. The van der Waals surface area contributed by atoms with Crippen LogP contribution in [0.3, 0.4) is 0 Å². The fourth-order valence-electron chi connectivity index (χ4n) is 4.28. The number of hydrogen-bond acceptors (Lipinski definition) is 2. The van der Waals surface area contributed by atoms with Crippen molar-refractivity contribution < 1.29 is 9.90 Å². The van der Waals surface area contributed by atoms with Crippen LogP contribution in [-0.2, 0) is 11.2 Å². The van der Waals surface area contributed by atoms with Gasteiger partial charge in [0.1, 0.15) is 5.60 Å². The molecule has 0 bridgehead atoms. The fourth-order valence-corrected chi connectivity index (χ4v) is 4.28. The van der Waals surface area contributed by atoms with E-state index in [2.05, 4.69) is 45.0 Å². The molecule has 0 radical (unpaired) electrons. The molecule has 0 aliphatic carbocycles. The predicted molar refractivity (Wildman–Crippen MR) is 130 cm³/mol. The topological polar surface area (TPSA) is 37.3 Å². The molecule has 0 aliphatic rings. The molecule has 1 atom stereocenters. The third kappa shape index (κ3) is 10.8. The minimum Gasteiger partial charge on any atom is -0.382 e. The Morgan fingerprint density at radius 2 is 1.30 bits per heavy atom. The summed E-state index contributed by atoms with van der Waals surface area (Å²) in [6.45, 7) is 8.67. The molecule has 172 valence electrons. The molecule has 0 amide bonds. The zero-order chi connectivity index (χ0) is 22.2. The zero-order valence-electron chi connectivity index (χ0n) is 20.3. The van der Waals surface area contributed by atoms with Crippen molar-refractivity contribution in [1.29, 1.82) is 0 Å². The van der Waals surface area contributed by atoms with E-state index in [1.54, 1.807) is 0 Å². The lowest BCUT2D eigenvalue weighted by molar-refractivity contribution is -0.138. The van der Waals surface area contributed by atoms with Crippen LogP contribution in [0.15, 0.2) is 24.3 Å². The zero-order valence-corrected chi connectivity index (χ0v) is 20.3. The van der Waals surface area contributed by atoms with Gasteiger partial charge in [0.05, 0.1) is 0 Å². The van der Waals surface area contributed by atoms with Crippen molar-refractivity contribution in [2.45, 2.75) is 136 Å². The summed E-state index contributed by atoms with van der Waals surface area (Å²) in [5, 5.41) is 11.1. The van der Waals surface area contributed by atoms with Crippen LogP contribution in [-0.4, -0.2) is 16.5 Å². The largest absolute Gasteiger partial charge is 0.382 e. The Kier molecular flexibility index (Phi) is 14.0. The maximum atomic E-state index is 12.8. The van der Waals surface area contributed by atoms with Gasteiger partial charge in [-0.25, -0.2) is 0 Å². The minimum atomic E-state index is -1.20. The molecule has 0 saturated carbocycles. The van der Waals surface area contributed by atoms with Crippen molar-refractivity contribution in [3.8, 4) is 0 Å². The van der Waals surface area contributed by atoms with Crippen molar-refractivity contribution in [3.63, 3.8) is 0 Å². The van der Waals surface area contributed by atoms with Gasteiger partial charge in [-0.05, 0) is 29.9 Å². The van der Waals surface area contributed by atoms with Crippen LogP contribution < -0.4 is 0 Å². The third-order valence-corrected chi connectivity index (χ3v) is 6.33. The molecule has 0 aliphatic heterocycles. The van der Waals surface area contributed by atoms with Crippen molar-refractivity contribution in [2.75, 3.05) is 0 Å². The maximum Gasteiger partial charge on any atom is 0.164 e. The highest BCUT2D eigenvalue weighted by molar-refractivity contribution is 5.87. The molecule has 30 heavy (non-hydrogen) atoms. The first-order chi connectivity index (χ1) is 14.4. The number of Topliss-reactive ketones (excluding diaryl/α,β-unsaturated/α-hetero) is 1. The van der Waals surface area contributed by atoms with Crippen LogP contribution in [0, 0.1) is 0 Å². The second kappa shape index (κ2) is 15.6. The smallest absolute Gasteiger partial charge is 0.164 e. The lowest BCUT2D eigenvalue weighted by atomic mass is 9.83. The van der Waals surface area contributed by atoms with Crippen molar-refractivity contribution >= 4 is 5.78 Å². The van der Waals surface area contributed by atoms with E-state index < -0.39 is 5.60 Å². The number of unbranched alkanes of at least 4 members (excludes halogenated alkanes) is 10. The summed E-state index contributed by atoms with van der Waals surface area (Å²) in [7, 11) is 0. The van der Waals surface area contributed by atoms with Gasteiger partial charge in [-0.1, -0.05) is 123 Å². The summed E-state index contributed by atoms with van der Waals surface area (Å²) in [5.74, 6) is 0.532. The van der Waals surface area contributed by atoms with E-state index in [1.165, 1.54) is 63.4 Å². The van der Waals surface area contributed by atoms with Crippen LogP contribution in [0.2, 0.25) is 0 Å². The number of rotatable bonds is 18. The highest BCUT2D eigenvalue weighted by atomic mass is 16.3. The predicted octanol–water partition coefficient (Wildman–Crippen LogP) is 8.15. The van der Waals surface area contributed by atoms with Gasteiger partial charge in [0.2, 0.25) is 0 Å². The quantitative estimate of drug-likeness (QED) is 0.245. The van der Waals surface area contributed by atoms with Gasteiger partial charge in [-0.15, -0.1) is 0 Å². The minimum absolute atomic E-state index is 0.0354. The molecule has 2 nitrogen and oxygen atoms in total. The summed E-state index contributed by atoms with van der Waals surface area (Å²) in [6, 6.07) is 8.40. The Hall–Kier alpha value is -1.15. The maximum absolute atomic E-state index is 12.8. The highest BCUT2D eigenvalue weighted by Crippen LogP contribution is 2.25. The fraction of sp³-hybridized carbons (Fsp3) is 0.750. The number of benzene rings is 1. The first-order valence-electron chi connectivity index (χ1n) is 12.8. The Balaban J connectivity index is 2.32. The monoisotopic (exact) mass is 416 g/mol. The average molecular weight is 417 g/mol. The van der Waals surface area contributed by atoms with Crippen LogP contribution in [0.4, 0.5) is 0 Å². The van der Waals surface area contributed by atoms with Crippen LogP contribution in [0.25, 0.3) is 0 Å². The second-order valence-corrected chi connectivity index (χ2v) is 9.56. The molecule has 1 unspecified atom stereocenters. The SMILES string of the molecule is CCCCCCCCCCCCCC(=O)C(O)(CCC)Cc1ccc(C(C)C)cc1. The Bertz CT molecular complexity index is 561. The Morgan fingerprint density at radius 3 is 1.77 bits per heavy atom. The average Bonchev–Trinajstić information content (AvgIpc) is 2.72. The van der Waals surface area contributed by atoms with E-state index in [9.17, 15) is 9.90 Å². The second-order valence-electron chi connectivity index (χ2n) is 9.56. The third-order valence-electron chi connectivity index (χ3n) is 6.33. The van der Waals surface area contributed by atoms with Gasteiger partial charge in [0, 0.05) is 12.8 Å². The standard InChI is InChI=1S/C28H48O2/c1-5-7-8-9-10-11-12-13-14-15-16-17-27(29)28(30,22-6-2)23-25-18-20-26(21-19-25)24(3)4/h18-21,24,30H,5-17,22-23H2,1-4H3. The molecule has 0 saturated heterocycles. The van der Waals surface area contributed by atoms with E-state index in [1.807, 2.05) is 6.92 Å². The lowest BCUT2D eigenvalue weighted by Crippen LogP contribution is -2.40. The van der Waals surface area contributed by atoms with E-state index in [0.29, 0.717) is 25.2 Å². The normalized spacial score (nSPS) is 13.5. The number of ketones is 1. The molecular formula is C28H48O2. The number of hydrogen-bond donors (Lipinski definition) is 1. The van der Waals surface area contributed by atoms with E-state index in [-0.39, 0.29) is 5.78 Å². The van der Waals surface area contributed by atoms with Gasteiger partial charge in [-0.2, -0.15) is 0 Å². The number of carbonyl (C=O) groups is 1. The van der Waals surface area contributed by atoms with Gasteiger partial charge in [-0.3, -0.25) is 4.79 Å². The first kappa shape index (κ1) is 26.9. The van der Waals surface area contributed by atoms with Crippen LogP contribution in [0.1, 0.15) is 135 Å². The Morgan fingerprint density at radius 1 is 0.800 bits per heavy atom. The Labute approximate surface area is 186 Å². The molecular weight excluding hydrogens is 368 g/mol. The van der Waals surface area contributed by atoms with Crippen molar-refractivity contribution in [3.05, 3.63) is 35.4 Å². The van der Waals surface area contributed by atoms with Gasteiger partial charge >= 0.3 is 0 Å².